The molecule has 7 nitrogen and oxygen atoms in total. The van der Waals surface area contributed by atoms with Crippen molar-refractivity contribution in [2.24, 2.45) is 4.99 Å². The molecule has 2 aliphatic rings. The standard InChI is InChI=1S/C20H33N5O2.HI/c1-21-20(24-17-9-11-25(15-17)18-7-3-4-8-18)23-14-16-6-5-10-22-19(16)27-13-12-26-2;/h5-6,10,17-18H,3-4,7-9,11-15H2,1-2H3,(H2,21,23,24);1H. The number of halogens is 1. The van der Waals surface area contributed by atoms with Crippen LogP contribution in [0.3, 0.4) is 0 Å². The summed E-state index contributed by atoms with van der Waals surface area (Å²) >= 11 is 0. The number of nitrogens with one attached hydrogen (secondary N) is 2. The van der Waals surface area contributed by atoms with Gasteiger partial charge in [-0.1, -0.05) is 18.9 Å². The van der Waals surface area contributed by atoms with E-state index in [2.05, 4.69) is 25.5 Å². The van der Waals surface area contributed by atoms with Crippen molar-refractivity contribution in [2.45, 2.75) is 50.7 Å². The van der Waals surface area contributed by atoms with Gasteiger partial charge in [0.05, 0.1) is 6.61 Å². The molecule has 1 unspecified atom stereocenters. The average Bonchev–Trinajstić information content (AvgIpc) is 3.38. The fourth-order valence-corrected chi connectivity index (χ4v) is 3.98. The second kappa shape index (κ2) is 12.4. The zero-order valence-corrected chi connectivity index (χ0v) is 19.4. The molecule has 1 aromatic heterocycles. The Balaban J connectivity index is 0.00000280. The minimum absolute atomic E-state index is 0. The van der Waals surface area contributed by atoms with E-state index >= 15 is 0 Å². The molecule has 1 saturated heterocycles. The van der Waals surface area contributed by atoms with E-state index in [9.17, 15) is 0 Å². The van der Waals surface area contributed by atoms with E-state index in [-0.39, 0.29) is 24.0 Å². The van der Waals surface area contributed by atoms with Crippen LogP contribution in [0, 0.1) is 0 Å². The molecule has 0 aromatic carbocycles. The highest BCUT2D eigenvalue weighted by molar-refractivity contribution is 14.0. The number of aliphatic imine (C=N–C) groups is 1. The topological polar surface area (TPSA) is 71.0 Å². The zero-order valence-electron chi connectivity index (χ0n) is 17.0. The molecule has 3 rings (SSSR count). The lowest BCUT2D eigenvalue weighted by atomic mass is 10.2. The van der Waals surface area contributed by atoms with Crippen LogP contribution in [0.5, 0.6) is 5.88 Å². The van der Waals surface area contributed by atoms with Crippen molar-refractivity contribution in [2.75, 3.05) is 40.5 Å². The number of ether oxygens (including phenoxy) is 2. The summed E-state index contributed by atoms with van der Waals surface area (Å²) in [4.78, 5) is 11.4. The lowest BCUT2D eigenvalue weighted by molar-refractivity contribution is 0.143. The van der Waals surface area contributed by atoms with E-state index in [0.717, 1.165) is 24.1 Å². The largest absolute Gasteiger partial charge is 0.475 e. The first-order valence-corrected chi connectivity index (χ1v) is 10.1. The van der Waals surface area contributed by atoms with Crippen LogP contribution in [0.1, 0.15) is 37.7 Å². The first-order valence-electron chi connectivity index (χ1n) is 10.1. The molecule has 1 atom stereocenters. The highest BCUT2D eigenvalue weighted by Gasteiger charge is 2.30. The van der Waals surface area contributed by atoms with E-state index in [1.165, 1.54) is 38.6 Å². The van der Waals surface area contributed by atoms with Gasteiger partial charge in [-0.2, -0.15) is 0 Å². The van der Waals surface area contributed by atoms with Gasteiger partial charge in [0.25, 0.3) is 0 Å². The molecule has 1 saturated carbocycles. The van der Waals surface area contributed by atoms with Crippen LogP contribution in [0.2, 0.25) is 0 Å². The van der Waals surface area contributed by atoms with Crippen LogP contribution in [0.25, 0.3) is 0 Å². The van der Waals surface area contributed by atoms with Gasteiger partial charge < -0.3 is 20.1 Å². The lowest BCUT2D eigenvalue weighted by Crippen LogP contribution is -2.45. The fourth-order valence-electron chi connectivity index (χ4n) is 3.98. The zero-order chi connectivity index (χ0) is 18.9. The highest BCUT2D eigenvalue weighted by atomic mass is 127. The predicted molar refractivity (Wildman–Crippen MR) is 123 cm³/mol. The number of guanidine groups is 1. The number of pyridine rings is 1. The molecule has 2 N–H and O–H groups in total. The first-order chi connectivity index (χ1) is 13.3. The Labute approximate surface area is 185 Å². The Morgan fingerprint density at radius 3 is 2.86 bits per heavy atom. The van der Waals surface area contributed by atoms with Gasteiger partial charge in [0, 0.05) is 57.6 Å². The summed E-state index contributed by atoms with van der Waals surface area (Å²) in [6, 6.07) is 5.21. The summed E-state index contributed by atoms with van der Waals surface area (Å²) in [5.74, 6) is 1.48. The minimum Gasteiger partial charge on any atom is -0.475 e. The van der Waals surface area contributed by atoms with Crippen molar-refractivity contribution in [1.29, 1.82) is 0 Å². The third-order valence-corrected chi connectivity index (χ3v) is 5.45. The second-order valence-electron chi connectivity index (χ2n) is 7.30. The highest BCUT2D eigenvalue weighted by Crippen LogP contribution is 2.26. The smallest absolute Gasteiger partial charge is 0.218 e. The van der Waals surface area contributed by atoms with Crippen molar-refractivity contribution in [1.82, 2.24) is 20.5 Å². The van der Waals surface area contributed by atoms with Crippen LogP contribution in [-0.2, 0) is 11.3 Å². The first kappa shape index (κ1) is 23.2. The predicted octanol–water partition coefficient (Wildman–Crippen LogP) is 2.41. The minimum atomic E-state index is 0. The van der Waals surface area contributed by atoms with Crippen LogP contribution < -0.4 is 15.4 Å². The molecule has 1 aliphatic carbocycles. The Hall–Kier alpha value is -1.13. The van der Waals surface area contributed by atoms with Gasteiger partial charge in [-0.25, -0.2) is 4.98 Å². The molecule has 158 valence electrons. The number of rotatable bonds is 8. The molecule has 0 bridgehead atoms. The molecule has 1 aliphatic heterocycles. The van der Waals surface area contributed by atoms with E-state index in [1.54, 1.807) is 13.3 Å². The molecular weight excluding hydrogens is 469 g/mol. The van der Waals surface area contributed by atoms with Crippen LogP contribution in [0.15, 0.2) is 23.3 Å². The van der Waals surface area contributed by atoms with Crippen molar-refractivity contribution >= 4 is 29.9 Å². The van der Waals surface area contributed by atoms with E-state index in [4.69, 9.17) is 9.47 Å². The van der Waals surface area contributed by atoms with Gasteiger partial charge in [0.15, 0.2) is 5.96 Å². The molecule has 2 heterocycles. The van der Waals surface area contributed by atoms with Crippen LogP contribution in [0.4, 0.5) is 0 Å². The molecule has 1 aromatic rings. The number of aromatic nitrogens is 1. The van der Waals surface area contributed by atoms with Gasteiger partial charge in [-0.05, 0) is 25.3 Å². The van der Waals surface area contributed by atoms with Crippen molar-refractivity contribution in [3.63, 3.8) is 0 Å². The number of hydrogen-bond acceptors (Lipinski definition) is 5. The monoisotopic (exact) mass is 503 g/mol. The quantitative estimate of drug-likeness (QED) is 0.246. The van der Waals surface area contributed by atoms with Crippen LogP contribution >= 0.6 is 24.0 Å². The van der Waals surface area contributed by atoms with Crippen molar-refractivity contribution < 1.29 is 9.47 Å². The maximum Gasteiger partial charge on any atom is 0.218 e. The van der Waals surface area contributed by atoms with E-state index < -0.39 is 0 Å². The van der Waals surface area contributed by atoms with Gasteiger partial charge in [-0.15, -0.1) is 24.0 Å². The number of hydrogen-bond donors (Lipinski definition) is 2. The Morgan fingerprint density at radius 1 is 1.29 bits per heavy atom. The second-order valence-corrected chi connectivity index (χ2v) is 7.30. The molecule has 28 heavy (non-hydrogen) atoms. The SMILES string of the molecule is CN=C(NCc1cccnc1OCCOC)NC1CCN(C2CCCC2)C1.I. The summed E-state index contributed by atoms with van der Waals surface area (Å²) in [6.45, 7) is 3.97. The lowest BCUT2D eigenvalue weighted by Gasteiger charge is -2.24. The molecule has 2 fully saturated rings. The molecule has 0 radical (unpaired) electrons. The summed E-state index contributed by atoms with van der Waals surface area (Å²) in [7, 11) is 3.48. The van der Waals surface area contributed by atoms with Gasteiger partial charge in [0.2, 0.25) is 5.88 Å². The number of likely N-dealkylation sites (tertiary alicyclic amines) is 1. The molecule has 0 amide bonds. The maximum absolute atomic E-state index is 5.70. The maximum atomic E-state index is 5.70. The summed E-state index contributed by atoms with van der Waals surface area (Å²) in [5, 5.41) is 6.97. The summed E-state index contributed by atoms with van der Waals surface area (Å²) in [6.07, 6.45) is 8.44. The van der Waals surface area contributed by atoms with Crippen LogP contribution in [-0.4, -0.2) is 68.4 Å². The third-order valence-electron chi connectivity index (χ3n) is 5.45. The third kappa shape index (κ3) is 6.73. The Bertz CT molecular complexity index is 610. The number of nitrogens with zero attached hydrogens (tertiary/aromatic N) is 3. The molecule has 8 heteroatoms. The normalized spacial score (nSPS) is 20.8. The van der Waals surface area contributed by atoms with E-state index in [1.807, 2.05) is 19.2 Å². The van der Waals surface area contributed by atoms with Gasteiger partial charge in [0.1, 0.15) is 6.61 Å². The Kier molecular flexibility index (Phi) is 10.3. The fraction of sp³-hybridized carbons (Fsp3) is 0.700. The van der Waals surface area contributed by atoms with Crippen molar-refractivity contribution in [3.8, 4) is 5.88 Å². The molecular formula is C20H34IN5O2. The Morgan fingerprint density at radius 2 is 2.11 bits per heavy atom. The molecule has 0 spiro atoms. The van der Waals surface area contributed by atoms with E-state index in [0.29, 0.717) is 31.7 Å². The average molecular weight is 503 g/mol. The van der Waals surface area contributed by atoms with Gasteiger partial charge >= 0.3 is 0 Å². The number of methoxy groups -OCH3 is 1. The summed E-state index contributed by atoms with van der Waals surface area (Å²) < 4.78 is 10.7. The van der Waals surface area contributed by atoms with Crippen molar-refractivity contribution in [3.05, 3.63) is 23.9 Å². The van der Waals surface area contributed by atoms with Gasteiger partial charge in [-0.3, -0.25) is 9.89 Å². The summed E-state index contributed by atoms with van der Waals surface area (Å²) in [5.41, 5.74) is 1.01.